The molecule has 0 spiro atoms. The van der Waals surface area contributed by atoms with Crippen LogP contribution in [-0.4, -0.2) is 22.4 Å². The zero-order valence-electron chi connectivity index (χ0n) is 18.3. The second kappa shape index (κ2) is 7.74. The molecule has 1 aromatic rings. The van der Waals surface area contributed by atoms with Gasteiger partial charge in [0.2, 0.25) is 0 Å². The van der Waals surface area contributed by atoms with Crippen molar-refractivity contribution in [1.82, 2.24) is 0 Å². The van der Waals surface area contributed by atoms with E-state index in [4.69, 9.17) is 4.74 Å². The first-order valence-electron chi connectivity index (χ1n) is 11.0. The van der Waals surface area contributed by atoms with Crippen molar-refractivity contribution in [3.8, 4) is 11.5 Å². The number of benzene rings is 1. The first-order chi connectivity index (χ1) is 13.2. The fourth-order valence-corrected chi connectivity index (χ4v) is 5.97. The Labute approximate surface area is 170 Å². The van der Waals surface area contributed by atoms with Gasteiger partial charge in [-0.15, -0.1) is 0 Å². The number of phenolic OH excluding ortho intramolecular Hbond substituents is 1. The summed E-state index contributed by atoms with van der Waals surface area (Å²) in [7, 11) is 0. The van der Waals surface area contributed by atoms with Gasteiger partial charge in [-0.1, -0.05) is 58.6 Å². The Balaban J connectivity index is 2.17. The molecule has 3 nitrogen and oxygen atoms in total. The van der Waals surface area contributed by atoms with Crippen LogP contribution in [0.4, 0.5) is 0 Å². The van der Waals surface area contributed by atoms with E-state index in [1.807, 2.05) is 12.1 Å². The van der Waals surface area contributed by atoms with Gasteiger partial charge in [-0.3, -0.25) is 0 Å². The van der Waals surface area contributed by atoms with Crippen LogP contribution in [0.25, 0.3) is 0 Å². The summed E-state index contributed by atoms with van der Waals surface area (Å²) in [5.74, 6) is 1.39. The third-order valence-corrected chi connectivity index (χ3v) is 7.47. The topological polar surface area (TPSA) is 49.7 Å². The molecule has 3 heteroatoms. The fraction of sp³-hybridized carbons (Fsp3) is 0.680. The molecule has 0 unspecified atom stereocenters. The molecule has 0 bridgehead atoms. The summed E-state index contributed by atoms with van der Waals surface area (Å²) in [6, 6.07) is 5.67. The van der Waals surface area contributed by atoms with Crippen LogP contribution < -0.4 is 4.74 Å². The molecule has 0 aromatic heterocycles. The highest BCUT2D eigenvalue weighted by Gasteiger charge is 2.61. The maximum Gasteiger partial charge on any atom is 0.127 e. The van der Waals surface area contributed by atoms with Crippen LogP contribution in [0, 0.1) is 11.3 Å². The van der Waals surface area contributed by atoms with Crippen molar-refractivity contribution >= 4 is 0 Å². The molecule has 156 valence electrons. The summed E-state index contributed by atoms with van der Waals surface area (Å²) in [4.78, 5) is 0. The molecular weight excluding hydrogens is 348 g/mol. The number of aliphatic hydroxyl groups excluding tert-OH is 1. The van der Waals surface area contributed by atoms with Gasteiger partial charge in [-0.2, -0.15) is 0 Å². The Morgan fingerprint density at radius 1 is 1.18 bits per heavy atom. The summed E-state index contributed by atoms with van der Waals surface area (Å²) in [5, 5.41) is 21.0. The van der Waals surface area contributed by atoms with Crippen LogP contribution in [0.1, 0.15) is 85.1 Å². The number of rotatable bonds is 7. The van der Waals surface area contributed by atoms with E-state index in [1.54, 1.807) is 6.07 Å². The lowest BCUT2D eigenvalue weighted by molar-refractivity contribution is -0.0764. The summed E-state index contributed by atoms with van der Waals surface area (Å²) >= 11 is 0. The fourth-order valence-electron chi connectivity index (χ4n) is 5.97. The predicted molar refractivity (Wildman–Crippen MR) is 115 cm³/mol. The first kappa shape index (κ1) is 21.2. The first-order valence-corrected chi connectivity index (χ1v) is 11.0. The van der Waals surface area contributed by atoms with Gasteiger partial charge in [0.15, 0.2) is 0 Å². The van der Waals surface area contributed by atoms with Crippen LogP contribution in [0.3, 0.4) is 0 Å². The van der Waals surface area contributed by atoms with E-state index in [0.717, 1.165) is 36.1 Å². The molecule has 0 amide bonds. The Morgan fingerprint density at radius 2 is 1.93 bits per heavy atom. The van der Waals surface area contributed by atoms with E-state index < -0.39 is 0 Å². The number of ether oxygens (including phenoxy) is 1. The van der Waals surface area contributed by atoms with Crippen molar-refractivity contribution in [3.63, 3.8) is 0 Å². The van der Waals surface area contributed by atoms with Gasteiger partial charge >= 0.3 is 0 Å². The van der Waals surface area contributed by atoms with Gasteiger partial charge in [0.1, 0.15) is 17.1 Å². The van der Waals surface area contributed by atoms with Crippen LogP contribution in [-0.2, 0) is 5.41 Å². The molecule has 2 aliphatic rings. The predicted octanol–water partition coefficient (Wildman–Crippen LogP) is 6.13. The Morgan fingerprint density at radius 3 is 2.61 bits per heavy atom. The highest BCUT2D eigenvalue weighted by Crippen LogP contribution is 2.65. The van der Waals surface area contributed by atoms with Gasteiger partial charge in [0.25, 0.3) is 0 Å². The van der Waals surface area contributed by atoms with E-state index in [9.17, 15) is 10.2 Å². The lowest BCUT2D eigenvalue weighted by Crippen LogP contribution is -2.60. The number of aliphatic hydroxyl groups is 1. The van der Waals surface area contributed by atoms with Crippen molar-refractivity contribution in [1.29, 1.82) is 0 Å². The van der Waals surface area contributed by atoms with Gasteiger partial charge in [-0.05, 0) is 56.2 Å². The van der Waals surface area contributed by atoms with Crippen molar-refractivity contribution in [2.45, 2.75) is 90.6 Å². The summed E-state index contributed by atoms with van der Waals surface area (Å²) in [6.07, 6.45) is 9.90. The van der Waals surface area contributed by atoms with Gasteiger partial charge in [0.05, 0.1) is 6.61 Å². The number of fused-ring (bicyclic) bond motifs is 3. The monoisotopic (exact) mass is 386 g/mol. The highest BCUT2D eigenvalue weighted by molar-refractivity contribution is 5.55. The SMILES string of the molecule is CCCCCCC(C)(C)[C@@]12CC(CO)=CC[C@H]1C(C)(C)Oc1cccc(O)c12. The normalized spacial score (nSPS) is 26.1. The van der Waals surface area contributed by atoms with Crippen LogP contribution in [0.2, 0.25) is 0 Å². The Bertz CT molecular complexity index is 731. The van der Waals surface area contributed by atoms with E-state index in [1.165, 1.54) is 25.7 Å². The van der Waals surface area contributed by atoms with Crippen LogP contribution in [0.5, 0.6) is 11.5 Å². The maximum absolute atomic E-state index is 11.0. The maximum atomic E-state index is 11.0. The van der Waals surface area contributed by atoms with Crippen molar-refractivity contribution in [2.75, 3.05) is 6.61 Å². The van der Waals surface area contributed by atoms with Crippen molar-refractivity contribution < 1.29 is 14.9 Å². The highest BCUT2D eigenvalue weighted by atomic mass is 16.5. The molecule has 0 fully saturated rings. The summed E-state index contributed by atoms with van der Waals surface area (Å²) in [5.41, 5.74) is 1.42. The summed E-state index contributed by atoms with van der Waals surface area (Å²) < 4.78 is 6.45. The van der Waals surface area contributed by atoms with Gasteiger partial charge in [0, 0.05) is 16.9 Å². The number of allylic oxidation sites excluding steroid dienone is 1. The standard InChI is InChI=1S/C25H38O3/c1-6-7-8-9-15-23(2,3)25-16-18(17-26)13-14-21(25)24(4,5)28-20-12-10-11-19(27)22(20)25/h10-13,21,26-27H,6-9,14-17H2,1-5H3/t21-,25-/m0/s1. The van der Waals surface area contributed by atoms with E-state index in [-0.39, 0.29) is 29.0 Å². The largest absolute Gasteiger partial charge is 0.508 e. The zero-order chi connectivity index (χ0) is 20.6. The second-order valence-corrected chi connectivity index (χ2v) is 10.0. The van der Waals surface area contributed by atoms with E-state index in [0.29, 0.717) is 5.75 Å². The average Bonchev–Trinajstić information content (AvgIpc) is 2.64. The Kier molecular flexibility index (Phi) is 5.87. The number of unbranched alkanes of at least 4 members (excludes halogenated alkanes) is 3. The molecule has 1 aliphatic heterocycles. The molecule has 0 saturated carbocycles. The van der Waals surface area contributed by atoms with E-state index in [2.05, 4.69) is 40.7 Å². The molecule has 1 aromatic carbocycles. The minimum atomic E-state index is -0.334. The number of hydrogen-bond donors (Lipinski definition) is 2. The quantitative estimate of drug-likeness (QED) is 0.438. The number of hydrogen-bond acceptors (Lipinski definition) is 3. The smallest absolute Gasteiger partial charge is 0.127 e. The van der Waals surface area contributed by atoms with E-state index >= 15 is 0 Å². The van der Waals surface area contributed by atoms with Crippen LogP contribution in [0.15, 0.2) is 29.8 Å². The molecule has 28 heavy (non-hydrogen) atoms. The molecular formula is C25H38O3. The molecule has 3 rings (SSSR count). The number of aromatic hydroxyl groups is 1. The van der Waals surface area contributed by atoms with Crippen molar-refractivity contribution in [2.24, 2.45) is 11.3 Å². The third-order valence-electron chi connectivity index (χ3n) is 7.47. The lowest BCUT2D eigenvalue weighted by atomic mass is 9.46. The molecule has 1 aliphatic carbocycles. The van der Waals surface area contributed by atoms with Gasteiger partial charge in [-0.25, -0.2) is 0 Å². The minimum absolute atomic E-state index is 0.0330. The van der Waals surface area contributed by atoms with Crippen LogP contribution >= 0.6 is 0 Å². The summed E-state index contributed by atoms with van der Waals surface area (Å²) in [6.45, 7) is 11.4. The number of phenols is 1. The minimum Gasteiger partial charge on any atom is -0.508 e. The molecule has 2 N–H and O–H groups in total. The molecule has 2 atom stereocenters. The third kappa shape index (κ3) is 3.36. The lowest BCUT2D eigenvalue weighted by Gasteiger charge is -2.61. The molecule has 0 saturated heterocycles. The second-order valence-electron chi connectivity index (χ2n) is 10.0. The van der Waals surface area contributed by atoms with Gasteiger partial charge < -0.3 is 14.9 Å². The Hall–Kier alpha value is -1.48. The van der Waals surface area contributed by atoms with Crippen molar-refractivity contribution in [3.05, 3.63) is 35.4 Å². The molecule has 1 heterocycles. The molecule has 0 radical (unpaired) electrons. The average molecular weight is 387 g/mol. The zero-order valence-corrected chi connectivity index (χ0v) is 18.3.